The van der Waals surface area contributed by atoms with Gasteiger partial charge in [0, 0.05) is 17.0 Å². The molecule has 0 spiro atoms. The summed E-state index contributed by atoms with van der Waals surface area (Å²) in [7, 11) is 1.59. The summed E-state index contributed by atoms with van der Waals surface area (Å²) in [5, 5.41) is 10.1. The van der Waals surface area contributed by atoms with Gasteiger partial charge in [0.1, 0.15) is 19.0 Å². The number of pyridine rings is 1. The van der Waals surface area contributed by atoms with Crippen molar-refractivity contribution in [1.29, 1.82) is 0 Å². The second-order valence-corrected chi connectivity index (χ2v) is 5.60. The van der Waals surface area contributed by atoms with Gasteiger partial charge in [0.15, 0.2) is 11.5 Å². The van der Waals surface area contributed by atoms with Gasteiger partial charge in [-0.2, -0.15) is 0 Å². The van der Waals surface area contributed by atoms with Gasteiger partial charge >= 0.3 is 5.97 Å². The first-order chi connectivity index (χ1) is 12.2. The third-order valence-corrected chi connectivity index (χ3v) is 4.09. The van der Waals surface area contributed by atoms with E-state index in [1.165, 1.54) is 0 Å². The van der Waals surface area contributed by atoms with Crippen molar-refractivity contribution in [1.82, 2.24) is 4.98 Å². The van der Waals surface area contributed by atoms with Crippen molar-refractivity contribution >= 4 is 16.9 Å². The van der Waals surface area contributed by atoms with Gasteiger partial charge < -0.3 is 19.3 Å². The fourth-order valence-corrected chi connectivity index (χ4v) is 2.85. The van der Waals surface area contributed by atoms with Crippen LogP contribution in [-0.2, 0) is 0 Å². The van der Waals surface area contributed by atoms with Gasteiger partial charge in [0.25, 0.3) is 0 Å². The molecular weight excluding hydrogens is 322 g/mol. The first-order valence-corrected chi connectivity index (χ1v) is 7.78. The monoisotopic (exact) mass is 337 g/mol. The Morgan fingerprint density at radius 3 is 2.40 bits per heavy atom. The molecule has 0 saturated heterocycles. The Morgan fingerprint density at radius 2 is 1.76 bits per heavy atom. The Bertz CT molecular complexity index is 966. The largest absolute Gasteiger partial charge is 0.497 e. The third-order valence-electron chi connectivity index (χ3n) is 4.09. The van der Waals surface area contributed by atoms with Crippen molar-refractivity contribution < 1.29 is 24.1 Å². The van der Waals surface area contributed by atoms with E-state index < -0.39 is 5.97 Å². The Kier molecular flexibility index (Phi) is 3.65. The van der Waals surface area contributed by atoms with Gasteiger partial charge in [-0.3, -0.25) is 0 Å². The SMILES string of the molecule is COc1ccc(-c2cc(C(=O)O)c3cc4c(cc3n2)OCCO4)cc1. The van der Waals surface area contributed by atoms with Gasteiger partial charge in [-0.25, -0.2) is 9.78 Å². The number of hydrogen-bond donors (Lipinski definition) is 1. The van der Waals surface area contributed by atoms with Crippen LogP contribution < -0.4 is 14.2 Å². The molecule has 25 heavy (non-hydrogen) atoms. The summed E-state index contributed by atoms with van der Waals surface area (Å²) in [4.78, 5) is 16.4. The predicted octanol–water partition coefficient (Wildman–Crippen LogP) is 3.38. The van der Waals surface area contributed by atoms with Crippen LogP contribution in [0.4, 0.5) is 0 Å². The average Bonchev–Trinajstić information content (AvgIpc) is 2.65. The van der Waals surface area contributed by atoms with Gasteiger partial charge in [-0.05, 0) is 36.4 Å². The molecule has 0 fully saturated rings. The third kappa shape index (κ3) is 2.71. The molecule has 3 aromatic rings. The number of ether oxygens (including phenoxy) is 3. The molecule has 0 unspecified atom stereocenters. The topological polar surface area (TPSA) is 77.9 Å². The summed E-state index contributed by atoms with van der Waals surface area (Å²) in [6, 6.07) is 12.3. The summed E-state index contributed by atoms with van der Waals surface area (Å²) < 4.78 is 16.3. The molecule has 2 aromatic carbocycles. The highest BCUT2D eigenvalue weighted by Gasteiger charge is 2.19. The summed E-state index contributed by atoms with van der Waals surface area (Å²) in [5.74, 6) is 0.830. The van der Waals surface area contributed by atoms with E-state index in [1.54, 1.807) is 25.3 Å². The fraction of sp³-hybridized carbons (Fsp3) is 0.158. The molecule has 0 aliphatic carbocycles. The van der Waals surface area contributed by atoms with E-state index in [9.17, 15) is 9.90 Å². The summed E-state index contributed by atoms with van der Waals surface area (Å²) in [5.41, 5.74) is 2.10. The van der Waals surface area contributed by atoms with Crippen LogP contribution in [0.15, 0.2) is 42.5 Å². The smallest absolute Gasteiger partial charge is 0.336 e. The molecule has 0 amide bonds. The maximum Gasteiger partial charge on any atom is 0.336 e. The zero-order chi connectivity index (χ0) is 17.4. The lowest BCUT2D eigenvalue weighted by molar-refractivity contribution is 0.0699. The van der Waals surface area contributed by atoms with Gasteiger partial charge in [-0.1, -0.05) is 0 Å². The van der Waals surface area contributed by atoms with Crippen LogP contribution in [0.3, 0.4) is 0 Å². The lowest BCUT2D eigenvalue weighted by Gasteiger charge is -2.19. The van der Waals surface area contributed by atoms with Crippen molar-refractivity contribution in [3.63, 3.8) is 0 Å². The normalized spacial score (nSPS) is 12.8. The number of nitrogens with zero attached hydrogens (tertiary/aromatic N) is 1. The molecule has 1 aromatic heterocycles. The van der Waals surface area contributed by atoms with E-state index in [0.717, 1.165) is 11.3 Å². The maximum atomic E-state index is 11.7. The quantitative estimate of drug-likeness (QED) is 0.789. The molecule has 4 rings (SSSR count). The number of methoxy groups -OCH3 is 1. The first kappa shape index (κ1) is 15.3. The van der Waals surface area contributed by atoms with E-state index in [-0.39, 0.29) is 5.56 Å². The number of carbonyl (C=O) groups is 1. The Balaban J connectivity index is 1.92. The lowest BCUT2D eigenvalue weighted by Crippen LogP contribution is -2.15. The minimum absolute atomic E-state index is 0.174. The Labute approximate surface area is 143 Å². The Hall–Kier alpha value is -3.28. The summed E-state index contributed by atoms with van der Waals surface area (Å²) in [6.45, 7) is 0.904. The van der Waals surface area contributed by atoms with E-state index in [2.05, 4.69) is 4.98 Å². The maximum absolute atomic E-state index is 11.7. The number of hydrogen-bond acceptors (Lipinski definition) is 5. The van der Waals surface area contributed by atoms with Gasteiger partial charge in [-0.15, -0.1) is 0 Å². The molecule has 1 N–H and O–H groups in total. The predicted molar refractivity (Wildman–Crippen MR) is 91.7 cm³/mol. The fourth-order valence-electron chi connectivity index (χ4n) is 2.85. The molecule has 0 saturated carbocycles. The molecule has 0 atom stereocenters. The number of carboxylic acid groups (broad SMARTS) is 1. The second kappa shape index (κ2) is 5.98. The minimum Gasteiger partial charge on any atom is -0.497 e. The molecule has 6 heteroatoms. The molecule has 0 radical (unpaired) electrons. The molecule has 1 aliphatic rings. The number of aromatic carboxylic acids is 1. The van der Waals surface area contributed by atoms with E-state index >= 15 is 0 Å². The van der Waals surface area contributed by atoms with Crippen LogP contribution in [0, 0.1) is 0 Å². The summed E-state index contributed by atoms with van der Waals surface area (Å²) in [6.07, 6.45) is 0. The first-order valence-electron chi connectivity index (χ1n) is 7.78. The zero-order valence-corrected chi connectivity index (χ0v) is 13.5. The highest BCUT2D eigenvalue weighted by atomic mass is 16.6. The number of benzene rings is 2. The number of fused-ring (bicyclic) bond motifs is 2. The van der Waals surface area contributed by atoms with Crippen LogP contribution in [0.5, 0.6) is 17.2 Å². The number of aromatic nitrogens is 1. The molecule has 0 bridgehead atoms. The van der Waals surface area contributed by atoms with Crippen LogP contribution >= 0.6 is 0 Å². The zero-order valence-electron chi connectivity index (χ0n) is 13.5. The van der Waals surface area contributed by atoms with Crippen LogP contribution in [-0.4, -0.2) is 36.4 Å². The highest BCUT2D eigenvalue weighted by Crippen LogP contribution is 2.36. The van der Waals surface area contributed by atoms with Crippen molar-refractivity contribution in [3.05, 3.63) is 48.0 Å². The van der Waals surface area contributed by atoms with Gasteiger partial charge in [0.05, 0.1) is 23.9 Å². The summed E-state index contributed by atoms with van der Waals surface area (Å²) >= 11 is 0. The highest BCUT2D eigenvalue weighted by molar-refractivity contribution is 6.04. The van der Waals surface area contributed by atoms with Crippen LogP contribution in [0.25, 0.3) is 22.2 Å². The van der Waals surface area contributed by atoms with Crippen molar-refractivity contribution in [3.8, 4) is 28.5 Å². The molecule has 1 aliphatic heterocycles. The molecule has 6 nitrogen and oxygen atoms in total. The molecule has 126 valence electrons. The van der Waals surface area contributed by atoms with E-state index in [1.807, 2.05) is 24.3 Å². The minimum atomic E-state index is -1.01. The van der Waals surface area contributed by atoms with Crippen molar-refractivity contribution in [2.45, 2.75) is 0 Å². The van der Waals surface area contributed by atoms with E-state index in [4.69, 9.17) is 14.2 Å². The van der Waals surface area contributed by atoms with Crippen molar-refractivity contribution in [2.24, 2.45) is 0 Å². The standard InChI is InChI=1S/C19H15NO5/c1-23-12-4-2-11(3-5-12)15-8-14(19(21)22)13-9-17-18(10-16(13)20-15)25-7-6-24-17/h2-5,8-10H,6-7H2,1H3,(H,21,22). The average molecular weight is 337 g/mol. The molecule has 2 heterocycles. The van der Waals surface area contributed by atoms with Crippen LogP contribution in [0.2, 0.25) is 0 Å². The van der Waals surface area contributed by atoms with Gasteiger partial charge in [0.2, 0.25) is 0 Å². The number of carboxylic acids is 1. The number of rotatable bonds is 3. The Morgan fingerprint density at radius 1 is 1.08 bits per heavy atom. The second-order valence-electron chi connectivity index (χ2n) is 5.60. The van der Waals surface area contributed by atoms with E-state index in [0.29, 0.717) is 41.3 Å². The molecular formula is C19H15NO5. The van der Waals surface area contributed by atoms with Crippen LogP contribution in [0.1, 0.15) is 10.4 Å². The van der Waals surface area contributed by atoms with Crippen molar-refractivity contribution in [2.75, 3.05) is 20.3 Å². The lowest BCUT2D eigenvalue weighted by atomic mass is 10.0.